The Bertz CT molecular complexity index is 1260. The van der Waals surface area contributed by atoms with Crippen LogP contribution < -0.4 is 5.32 Å². The van der Waals surface area contributed by atoms with Crippen LogP contribution in [0.5, 0.6) is 0 Å². The van der Waals surface area contributed by atoms with Gasteiger partial charge in [-0.15, -0.1) is 10.2 Å². The highest BCUT2D eigenvalue weighted by Crippen LogP contribution is 2.33. The van der Waals surface area contributed by atoms with Crippen molar-refractivity contribution in [2.24, 2.45) is 0 Å². The minimum atomic E-state index is 0.0745. The smallest absolute Gasteiger partial charge is 0.211 e. The van der Waals surface area contributed by atoms with Crippen molar-refractivity contribution in [1.82, 2.24) is 34.8 Å². The molecule has 1 N–H and O–H groups in total. The predicted molar refractivity (Wildman–Crippen MR) is 132 cm³/mol. The first-order valence-electron chi connectivity index (χ1n) is 12.0. The molecule has 6 rings (SSSR count). The molecule has 2 saturated heterocycles. The Balaban J connectivity index is 1.14. The van der Waals surface area contributed by atoms with E-state index in [0.29, 0.717) is 0 Å². The monoisotopic (exact) mass is 476 g/mol. The summed E-state index contributed by atoms with van der Waals surface area (Å²) in [7, 11) is 0. The van der Waals surface area contributed by atoms with E-state index in [-0.39, 0.29) is 6.10 Å². The summed E-state index contributed by atoms with van der Waals surface area (Å²) in [5.41, 5.74) is 3.75. The lowest BCUT2D eigenvalue weighted by Gasteiger charge is -2.13. The highest BCUT2D eigenvalue weighted by Gasteiger charge is 2.22. The van der Waals surface area contributed by atoms with Gasteiger partial charge in [-0.05, 0) is 69.9 Å². The van der Waals surface area contributed by atoms with Gasteiger partial charge in [0.15, 0.2) is 0 Å². The van der Waals surface area contributed by atoms with Gasteiger partial charge in [-0.25, -0.2) is 4.98 Å². The fourth-order valence-electron chi connectivity index (χ4n) is 4.63. The molecule has 2 aliphatic rings. The molecule has 0 radical (unpaired) electrons. The second-order valence-electron chi connectivity index (χ2n) is 8.93. The van der Waals surface area contributed by atoms with Crippen molar-refractivity contribution in [3.8, 4) is 11.1 Å². The number of nitrogens with one attached hydrogen (secondary N) is 1. The highest BCUT2D eigenvalue weighted by molar-refractivity contribution is 7.15. The number of ether oxygens (including phenoxy) is 1. The Kier molecular flexibility index (Phi) is 6.17. The van der Waals surface area contributed by atoms with Crippen LogP contribution in [0.2, 0.25) is 0 Å². The van der Waals surface area contributed by atoms with Crippen molar-refractivity contribution in [2.75, 3.05) is 31.6 Å². The number of likely N-dealkylation sites (tertiary alicyclic amines) is 1. The van der Waals surface area contributed by atoms with Gasteiger partial charge in [0.25, 0.3) is 0 Å². The van der Waals surface area contributed by atoms with Gasteiger partial charge in [0.2, 0.25) is 5.13 Å². The molecule has 0 aliphatic carbocycles. The van der Waals surface area contributed by atoms with Crippen molar-refractivity contribution in [2.45, 2.75) is 44.8 Å². The molecular weight excluding hydrogens is 448 g/mol. The van der Waals surface area contributed by atoms with E-state index in [1.165, 1.54) is 37.3 Å². The fraction of sp³-hybridized carbons (Fsp3) is 0.458. The Morgan fingerprint density at radius 2 is 1.97 bits per heavy atom. The second kappa shape index (κ2) is 9.73. The fourth-order valence-corrected chi connectivity index (χ4v) is 5.46. The molecule has 6 heterocycles. The van der Waals surface area contributed by atoms with E-state index in [9.17, 15) is 0 Å². The lowest BCUT2D eigenvalue weighted by molar-refractivity contribution is 0.111. The molecule has 4 aromatic rings. The van der Waals surface area contributed by atoms with E-state index < -0.39 is 0 Å². The van der Waals surface area contributed by atoms with E-state index in [2.05, 4.69) is 42.8 Å². The van der Waals surface area contributed by atoms with Crippen LogP contribution in [0.3, 0.4) is 0 Å². The first kappa shape index (κ1) is 21.6. The maximum atomic E-state index is 5.71. The minimum absolute atomic E-state index is 0.0745. The molecule has 0 spiro atoms. The summed E-state index contributed by atoms with van der Waals surface area (Å²) in [4.78, 5) is 11.9. The van der Waals surface area contributed by atoms with Crippen molar-refractivity contribution < 1.29 is 4.74 Å². The molecule has 0 amide bonds. The Morgan fingerprint density at radius 3 is 2.85 bits per heavy atom. The summed E-state index contributed by atoms with van der Waals surface area (Å²) in [5, 5.41) is 18.0. The highest BCUT2D eigenvalue weighted by atomic mass is 32.1. The zero-order chi connectivity index (χ0) is 22.7. The summed E-state index contributed by atoms with van der Waals surface area (Å²) in [6, 6.07) is 5.95. The third-order valence-corrected chi connectivity index (χ3v) is 7.38. The van der Waals surface area contributed by atoms with Gasteiger partial charge < -0.3 is 15.0 Å². The Hall–Kier alpha value is -2.95. The summed E-state index contributed by atoms with van der Waals surface area (Å²) in [5.74, 6) is 0.721. The third-order valence-electron chi connectivity index (χ3n) is 6.44. The molecule has 4 aromatic heterocycles. The quantitative estimate of drug-likeness (QED) is 0.399. The molecule has 176 valence electrons. The number of rotatable bonds is 8. The van der Waals surface area contributed by atoms with E-state index in [1.807, 2.05) is 29.2 Å². The van der Waals surface area contributed by atoms with Gasteiger partial charge in [0.05, 0.1) is 17.2 Å². The van der Waals surface area contributed by atoms with Crippen LogP contribution in [0.25, 0.3) is 22.2 Å². The largest absolute Gasteiger partial charge is 0.371 e. The average molecular weight is 477 g/mol. The van der Waals surface area contributed by atoms with Crippen LogP contribution >= 0.6 is 11.3 Å². The molecule has 2 aliphatic heterocycles. The van der Waals surface area contributed by atoms with E-state index in [4.69, 9.17) is 9.72 Å². The van der Waals surface area contributed by atoms with E-state index in [1.54, 1.807) is 0 Å². The SMILES string of the molecule is c1nc2ccc(Nc3nnc([C@@H]4CCCO4)s3)nc2cc1-c1cnn(CCCN2CCCC2)c1. The van der Waals surface area contributed by atoms with Crippen LogP contribution in [0, 0.1) is 0 Å². The molecule has 34 heavy (non-hydrogen) atoms. The standard InChI is InChI=1S/C24H28N8OS/c1-2-9-31(8-1)10-4-11-32-16-18(15-26-32)17-13-20-19(25-14-17)6-7-22(27-20)28-24-30-29-23(34-24)21-5-3-12-33-21/h6-7,13-16,21H,1-5,8-12H2,(H,27,28,30)/t21-/m0/s1. The summed E-state index contributed by atoms with van der Waals surface area (Å²) in [6.07, 6.45) is 11.9. The van der Waals surface area contributed by atoms with Gasteiger partial charge in [0, 0.05) is 36.7 Å². The van der Waals surface area contributed by atoms with Crippen LogP contribution in [-0.2, 0) is 11.3 Å². The van der Waals surface area contributed by atoms with Crippen molar-refractivity contribution in [3.05, 3.63) is 41.8 Å². The number of hydrogen-bond acceptors (Lipinski definition) is 9. The van der Waals surface area contributed by atoms with Crippen LogP contribution in [0.15, 0.2) is 36.8 Å². The number of pyridine rings is 2. The summed E-state index contributed by atoms with van der Waals surface area (Å²) < 4.78 is 7.74. The maximum Gasteiger partial charge on any atom is 0.211 e. The first-order chi connectivity index (χ1) is 16.8. The average Bonchev–Trinajstić information content (AvgIpc) is 3.67. The molecule has 0 aromatic carbocycles. The molecule has 0 bridgehead atoms. The number of aromatic nitrogens is 6. The lowest BCUT2D eigenvalue weighted by Crippen LogP contribution is -2.21. The van der Waals surface area contributed by atoms with Gasteiger partial charge in [-0.3, -0.25) is 9.67 Å². The summed E-state index contributed by atoms with van der Waals surface area (Å²) in [6.45, 7) is 5.36. The van der Waals surface area contributed by atoms with Crippen LogP contribution in [-0.4, -0.2) is 61.1 Å². The third kappa shape index (κ3) is 4.79. The molecular formula is C24H28N8OS. The number of anilines is 2. The zero-order valence-electron chi connectivity index (χ0n) is 19.1. The topological polar surface area (TPSA) is 93.9 Å². The van der Waals surface area contributed by atoms with Crippen molar-refractivity contribution in [3.63, 3.8) is 0 Å². The molecule has 10 heteroatoms. The molecule has 1 atom stereocenters. The van der Waals surface area contributed by atoms with Gasteiger partial charge in [0.1, 0.15) is 16.9 Å². The minimum Gasteiger partial charge on any atom is -0.371 e. The van der Waals surface area contributed by atoms with Crippen molar-refractivity contribution in [1.29, 1.82) is 0 Å². The van der Waals surface area contributed by atoms with E-state index >= 15 is 0 Å². The van der Waals surface area contributed by atoms with Crippen LogP contribution in [0.1, 0.15) is 43.2 Å². The molecule has 9 nitrogen and oxygen atoms in total. The number of nitrogens with zero attached hydrogens (tertiary/aromatic N) is 7. The lowest BCUT2D eigenvalue weighted by atomic mass is 10.1. The molecule has 0 saturated carbocycles. The van der Waals surface area contributed by atoms with Gasteiger partial charge in [-0.2, -0.15) is 5.10 Å². The normalized spacial score (nSPS) is 18.8. The molecule has 0 unspecified atom stereocenters. The maximum absolute atomic E-state index is 5.71. The van der Waals surface area contributed by atoms with Crippen molar-refractivity contribution >= 4 is 33.3 Å². The van der Waals surface area contributed by atoms with Gasteiger partial charge >= 0.3 is 0 Å². The van der Waals surface area contributed by atoms with E-state index in [0.717, 1.165) is 77.1 Å². The number of hydrogen-bond donors (Lipinski definition) is 1. The predicted octanol–water partition coefficient (Wildman–Crippen LogP) is 4.43. The Labute approximate surface area is 202 Å². The second-order valence-corrected chi connectivity index (χ2v) is 9.93. The first-order valence-corrected chi connectivity index (χ1v) is 12.9. The van der Waals surface area contributed by atoms with Gasteiger partial charge in [-0.1, -0.05) is 11.3 Å². The number of fused-ring (bicyclic) bond motifs is 1. The zero-order valence-corrected chi connectivity index (χ0v) is 19.9. The molecule has 2 fully saturated rings. The Morgan fingerprint density at radius 1 is 1.03 bits per heavy atom. The summed E-state index contributed by atoms with van der Waals surface area (Å²) >= 11 is 1.52. The number of aryl methyl sites for hydroxylation is 1. The van der Waals surface area contributed by atoms with Crippen LogP contribution in [0.4, 0.5) is 10.9 Å².